The highest BCUT2D eigenvalue weighted by molar-refractivity contribution is 5.80. The van der Waals surface area contributed by atoms with Crippen LogP contribution in [0.3, 0.4) is 0 Å². The van der Waals surface area contributed by atoms with Gasteiger partial charge in [0.1, 0.15) is 12.4 Å². The van der Waals surface area contributed by atoms with E-state index in [9.17, 15) is 4.79 Å². The smallest absolute Gasteiger partial charge is 0.308 e. The van der Waals surface area contributed by atoms with Crippen LogP contribution >= 0.6 is 0 Å². The molecule has 0 saturated carbocycles. The van der Waals surface area contributed by atoms with Crippen LogP contribution in [0.1, 0.15) is 12.8 Å². The van der Waals surface area contributed by atoms with Gasteiger partial charge < -0.3 is 19.7 Å². The van der Waals surface area contributed by atoms with Crippen molar-refractivity contribution >= 4 is 11.9 Å². The summed E-state index contributed by atoms with van der Waals surface area (Å²) in [6.45, 7) is 2.75. The van der Waals surface area contributed by atoms with Crippen LogP contribution in [0.2, 0.25) is 0 Å². The van der Waals surface area contributed by atoms with E-state index in [0.717, 1.165) is 48.8 Å². The molecule has 1 fully saturated rings. The van der Waals surface area contributed by atoms with Crippen LogP contribution in [-0.4, -0.2) is 57.2 Å². The van der Waals surface area contributed by atoms with E-state index in [4.69, 9.17) is 9.47 Å². The lowest BCUT2D eigenvalue weighted by Crippen LogP contribution is -2.47. The van der Waals surface area contributed by atoms with Crippen LogP contribution in [0.25, 0.3) is 11.1 Å². The van der Waals surface area contributed by atoms with E-state index < -0.39 is 0 Å². The Bertz CT molecular complexity index is 815. The Morgan fingerprint density at radius 2 is 1.79 bits per heavy atom. The van der Waals surface area contributed by atoms with Gasteiger partial charge in [0, 0.05) is 25.7 Å². The minimum atomic E-state index is -0.113. The molecule has 0 atom stereocenters. The molecule has 3 rings (SSSR count). The number of nitrogens with zero attached hydrogens (tertiary/aromatic N) is 2. The first kappa shape index (κ1) is 20.7. The van der Waals surface area contributed by atoms with E-state index in [1.54, 1.807) is 7.05 Å². The first-order valence-corrected chi connectivity index (χ1v) is 10.0. The number of esters is 1. The predicted octanol–water partition coefficient (Wildman–Crippen LogP) is 3.19. The van der Waals surface area contributed by atoms with E-state index in [2.05, 4.69) is 33.4 Å². The molecule has 1 aliphatic rings. The Morgan fingerprint density at radius 3 is 2.48 bits per heavy atom. The quantitative estimate of drug-likeness (QED) is 0.352. The number of guanidine groups is 1. The van der Waals surface area contributed by atoms with Crippen molar-refractivity contribution in [1.82, 2.24) is 10.2 Å². The molecular weight excluding hydrogens is 366 g/mol. The highest BCUT2D eigenvalue weighted by Gasteiger charge is 2.26. The van der Waals surface area contributed by atoms with E-state index >= 15 is 0 Å². The van der Waals surface area contributed by atoms with Crippen molar-refractivity contribution in [3.05, 3.63) is 54.6 Å². The van der Waals surface area contributed by atoms with Crippen LogP contribution in [0, 0.1) is 5.92 Å². The third-order valence-electron chi connectivity index (χ3n) is 5.16. The van der Waals surface area contributed by atoms with Crippen LogP contribution in [0.15, 0.2) is 59.6 Å². The maximum absolute atomic E-state index is 11.7. The zero-order valence-corrected chi connectivity index (χ0v) is 17.1. The molecule has 1 N–H and O–H groups in total. The average molecular weight is 396 g/mol. The summed E-state index contributed by atoms with van der Waals surface area (Å²) >= 11 is 0. The molecule has 0 aliphatic carbocycles. The highest BCUT2D eigenvalue weighted by Crippen LogP contribution is 2.29. The maximum atomic E-state index is 11.7. The Hall–Kier alpha value is -3.02. The number of carbonyl (C=O) groups excluding carboxylic acids is 1. The number of piperidine rings is 1. The minimum absolute atomic E-state index is 0.00724. The summed E-state index contributed by atoms with van der Waals surface area (Å²) in [7, 11) is 3.23. The van der Waals surface area contributed by atoms with Crippen LogP contribution in [-0.2, 0) is 9.53 Å². The number of likely N-dealkylation sites (tertiary alicyclic amines) is 1. The lowest BCUT2D eigenvalue weighted by molar-refractivity contribution is -0.146. The molecular formula is C23H29N3O3. The number of hydrogen-bond acceptors (Lipinski definition) is 4. The van der Waals surface area contributed by atoms with Crippen LogP contribution < -0.4 is 10.1 Å². The second-order valence-electron chi connectivity index (χ2n) is 6.97. The van der Waals surface area contributed by atoms with Gasteiger partial charge in [-0.2, -0.15) is 0 Å². The van der Waals surface area contributed by atoms with Crippen molar-refractivity contribution in [2.24, 2.45) is 10.9 Å². The summed E-state index contributed by atoms with van der Waals surface area (Å²) in [5.41, 5.74) is 2.22. The van der Waals surface area contributed by atoms with Crippen molar-refractivity contribution in [2.75, 3.05) is 40.4 Å². The number of carbonyl (C=O) groups is 1. The molecule has 0 radical (unpaired) electrons. The Balaban J connectivity index is 1.49. The zero-order valence-electron chi connectivity index (χ0n) is 17.1. The van der Waals surface area contributed by atoms with Crippen molar-refractivity contribution in [2.45, 2.75) is 12.8 Å². The summed E-state index contributed by atoms with van der Waals surface area (Å²) < 4.78 is 10.9. The van der Waals surface area contributed by atoms with Gasteiger partial charge in [-0.1, -0.05) is 48.5 Å². The molecule has 2 aromatic carbocycles. The number of rotatable bonds is 6. The second-order valence-corrected chi connectivity index (χ2v) is 6.97. The van der Waals surface area contributed by atoms with Gasteiger partial charge in [0.05, 0.1) is 19.6 Å². The first-order valence-electron chi connectivity index (χ1n) is 10.0. The van der Waals surface area contributed by atoms with E-state index in [1.807, 2.05) is 36.4 Å². The molecule has 0 amide bonds. The fourth-order valence-electron chi connectivity index (χ4n) is 3.60. The third-order valence-corrected chi connectivity index (χ3v) is 5.16. The maximum Gasteiger partial charge on any atom is 0.308 e. The third kappa shape index (κ3) is 5.50. The molecule has 0 bridgehead atoms. The lowest BCUT2D eigenvalue weighted by Gasteiger charge is -2.33. The lowest BCUT2D eigenvalue weighted by atomic mass is 9.97. The van der Waals surface area contributed by atoms with E-state index in [-0.39, 0.29) is 11.9 Å². The molecule has 154 valence electrons. The second kappa shape index (κ2) is 10.5. The van der Waals surface area contributed by atoms with Gasteiger partial charge in [0.2, 0.25) is 0 Å². The summed E-state index contributed by atoms with van der Waals surface area (Å²) in [4.78, 5) is 18.2. The highest BCUT2D eigenvalue weighted by atomic mass is 16.5. The van der Waals surface area contributed by atoms with E-state index in [0.29, 0.717) is 13.2 Å². The molecule has 0 aromatic heterocycles. The zero-order chi connectivity index (χ0) is 20.5. The summed E-state index contributed by atoms with van der Waals surface area (Å²) in [5.74, 6) is 1.59. The van der Waals surface area contributed by atoms with E-state index in [1.165, 1.54) is 7.11 Å². The Morgan fingerprint density at radius 1 is 1.10 bits per heavy atom. The van der Waals surface area contributed by atoms with Crippen molar-refractivity contribution < 1.29 is 14.3 Å². The number of ether oxygens (including phenoxy) is 2. The average Bonchev–Trinajstić information content (AvgIpc) is 2.79. The molecule has 29 heavy (non-hydrogen) atoms. The van der Waals surface area contributed by atoms with Gasteiger partial charge in [0.25, 0.3) is 0 Å². The number of nitrogens with one attached hydrogen (secondary N) is 1. The van der Waals surface area contributed by atoms with Gasteiger partial charge in [-0.3, -0.25) is 9.79 Å². The van der Waals surface area contributed by atoms with Crippen molar-refractivity contribution in [3.8, 4) is 16.9 Å². The molecule has 2 aromatic rings. The number of para-hydroxylation sites is 1. The summed E-state index contributed by atoms with van der Waals surface area (Å²) in [6, 6.07) is 18.3. The minimum Gasteiger partial charge on any atom is -0.491 e. The number of aliphatic imine (C=N–C) groups is 1. The van der Waals surface area contributed by atoms with Crippen LogP contribution in [0.4, 0.5) is 0 Å². The fraction of sp³-hybridized carbons (Fsp3) is 0.391. The molecule has 6 nitrogen and oxygen atoms in total. The van der Waals surface area contributed by atoms with Crippen LogP contribution in [0.5, 0.6) is 5.75 Å². The summed E-state index contributed by atoms with van der Waals surface area (Å²) in [6.07, 6.45) is 1.57. The predicted molar refractivity (Wildman–Crippen MR) is 115 cm³/mol. The Kier molecular flexibility index (Phi) is 7.50. The number of benzene rings is 2. The van der Waals surface area contributed by atoms with Gasteiger partial charge >= 0.3 is 5.97 Å². The van der Waals surface area contributed by atoms with Crippen molar-refractivity contribution in [1.29, 1.82) is 0 Å². The monoisotopic (exact) mass is 395 g/mol. The standard InChI is InChI=1S/C23H29N3O3/c1-24-23(26-15-12-19(13-16-26)22(27)28-2)25-14-17-29-21-11-7-6-10-20(21)18-8-4-3-5-9-18/h3-11,19H,12-17H2,1-2H3,(H,24,25). The SMILES string of the molecule is CN=C(NCCOc1ccccc1-c1ccccc1)N1CCC(C(=O)OC)CC1. The Labute approximate surface area is 172 Å². The molecule has 1 saturated heterocycles. The normalized spacial score (nSPS) is 15.1. The van der Waals surface area contributed by atoms with Gasteiger partial charge in [-0.05, 0) is 24.5 Å². The molecule has 1 heterocycles. The summed E-state index contributed by atoms with van der Waals surface area (Å²) in [5, 5.41) is 3.36. The fourth-order valence-corrected chi connectivity index (χ4v) is 3.60. The molecule has 1 aliphatic heterocycles. The van der Waals surface area contributed by atoms with Gasteiger partial charge in [-0.15, -0.1) is 0 Å². The van der Waals surface area contributed by atoms with Crippen molar-refractivity contribution in [3.63, 3.8) is 0 Å². The first-order chi connectivity index (χ1) is 14.2. The topological polar surface area (TPSA) is 63.2 Å². The molecule has 0 spiro atoms. The largest absolute Gasteiger partial charge is 0.491 e. The number of methoxy groups -OCH3 is 1. The number of hydrogen-bond donors (Lipinski definition) is 1. The molecule has 0 unspecified atom stereocenters. The van der Waals surface area contributed by atoms with Gasteiger partial charge in [0.15, 0.2) is 5.96 Å². The molecule has 6 heteroatoms. The van der Waals surface area contributed by atoms with Gasteiger partial charge in [-0.25, -0.2) is 0 Å².